The number of carbonyl (C=O) groups is 1. The number of nitrogens with one attached hydrogen (secondary N) is 2. The summed E-state index contributed by atoms with van der Waals surface area (Å²) in [7, 11) is -0.189. The van der Waals surface area contributed by atoms with Crippen LogP contribution in [-0.4, -0.2) is 42.3 Å². The average molecular weight is 398 g/mol. The molecule has 0 aliphatic carbocycles. The second-order valence-electron chi connectivity index (χ2n) is 5.30. The standard InChI is InChI=1S/C17H19FN2O6S/c1-24-10-17(21)19-11-4-6-12(7-5-11)20-27(22,23)16-9-15(26-3)14(25-2)8-13(16)18/h4-9,20H,10H2,1-3H3,(H,19,21). The van der Waals surface area contributed by atoms with Crippen LogP contribution in [0.4, 0.5) is 15.8 Å². The Bertz CT molecular complexity index is 916. The SMILES string of the molecule is COCC(=O)Nc1ccc(NS(=O)(=O)c2cc(OC)c(OC)cc2F)cc1. The molecule has 0 spiro atoms. The molecule has 27 heavy (non-hydrogen) atoms. The molecular weight excluding hydrogens is 379 g/mol. The molecule has 0 unspecified atom stereocenters. The first kappa shape index (κ1) is 20.5. The minimum atomic E-state index is -4.21. The second kappa shape index (κ2) is 8.69. The number of anilines is 2. The van der Waals surface area contributed by atoms with Crippen LogP contribution in [0, 0.1) is 5.82 Å². The molecule has 0 fully saturated rings. The lowest BCUT2D eigenvalue weighted by molar-refractivity contribution is -0.119. The van der Waals surface area contributed by atoms with Gasteiger partial charge in [0, 0.05) is 30.6 Å². The van der Waals surface area contributed by atoms with Gasteiger partial charge in [-0.3, -0.25) is 9.52 Å². The third-order valence-corrected chi connectivity index (χ3v) is 4.82. The van der Waals surface area contributed by atoms with E-state index in [2.05, 4.69) is 10.0 Å². The molecule has 0 aromatic heterocycles. The van der Waals surface area contributed by atoms with Crippen LogP contribution in [0.5, 0.6) is 11.5 Å². The van der Waals surface area contributed by atoms with E-state index < -0.39 is 20.7 Å². The van der Waals surface area contributed by atoms with Crippen LogP contribution in [0.1, 0.15) is 0 Å². The number of benzene rings is 2. The summed E-state index contributed by atoms with van der Waals surface area (Å²) in [6.45, 7) is -0.104. The minimum Gasteiger partial charge on any atom is -0.493 e. The van der Waals surface area contributed by atoms with Gasteiger partial charge in [-0.15, -0.1) is 0 Å². The predicted octanol–water partition coefficient (Wildman–Crippen LogP) is 2.23. The number of halogens is 1. The van der Waals surface area contributed by atoms with Gasteiger partial charge in [-0.1, -0.05) is 0 Å². The van der Waals surface area contributed by atoms with E-state index in [0.717, 1.165) is 12.1 Å². The van der Waals surface area contributed by atoms with Gasteiger partial charge >= 0.3 is 0 Å². The average Bonchev–Trinajstić information content (AvgIpc) is 2.62. The van der Waals surface area contributed by atoms with Crippen molar-refractivity contribution in [3.63, 3.8) is 0 Å². The van der Waals surface area contributed by atoms with Crippen molar-refractivity contribution in [1.82, 2.24) is 0 Å². The second-order valence-corrected chi connectivity index (χ2v) is 6.95. The van der Waals surface area contributed by atoms with Crippen LogP contribution in [0.25, 0.3) is 0 Å². The number of sulfonamides is 1. The summed E-state index contributed by atoms with van der Waals surface area (Å²) in [6, 6.07) is 7.82. The van der Waals surface area contributed by atoms with Crippen LogP contribution < -0.4 is 19.5 Å². The highest BCUT2D eigenvalue weighted by atomic mass is 32.2. The normalized spacial score (nSPS) is 11.0. The summed E-state index contributed by atoms with van der Waals surface area (Å²) in [5, 5.41) is 2.57. The van der Waals surface area contributed by atoms with E-state index >= 15 is 0 Å². The number of hydrogen-bond donors (Lipinski definition) is 2. The number of hydrogen-bond acceptors (Lipinski definition) is 6. The maximum absolute atomic E-state index is 14.2. The lowest BCUT2D eigenvalue weighted by Gasteiger charge is -2.13. The fourth-order valence-electron chi connectivity index (χ4n) is 2.20. The lowest BCUT2D eigenvalue weighted by atomic mass is 10.3. The van der Waals surface area contributed by atoms with E-state index in [0.29, 0.717) is 5.69 Å². The van der Waals surface area contributed by atoms with Gasteiger partial charge in [0.05, 0.1) is 14.2 Å². The summed E-state index contributed by atoms with van der Waals surface area (Å²) in [6.07, 6.45) is 0. The molecule has 146 valence electrons. The maximum atomic E-state index is 14.2. The van der Waals surface area contributed by atoms with Crippen LogP contribution in [0.15, 0.2) is 41.3 Å². The summed E-state index contributed by atoms with van der Waals surface area (Å²) in [5.41, 5.74) is 0.645. The van der Waals surface area contributed by atoms with E-state index in [4.69, 9.17) is 14.2 Å². The van der Waals surface area contributed by atoms with Gasteiger partial charge in [0.2, 0.25) is 5.91 Å². The largest absolute Gasteiger partial charge is 0.493 e. The first-order valence-electron chi connectivity index (χ1n) is 7.64. The molecule has 2 rings (SSSR count). The van der Waals surface area contributed by atoms with Gasteiger partial charge in [0.15, 0.2) is 11.5 Å². The number of rotatable bonds is 8. The molecule has 8 nitrogen and oxygen atoms in total. The van der Waals surface area contributed by atoms with E-state index in [-0.39, 0.29) is 29.7 Å². The molecule has 0 bridgehead atoms. The first-order valence-corrected chi connectivity index (χ1v) is 9.12. The van der Waals surface area contributed by atoms with E-state index in [1.54, 1.807) is 0 Å². The van der Waals surface area contributed by atoms with Crippen molar-refractivity contribution >= 4 is 27.3 Å². The number of ether oxygens (including phenoxy) is 3. The molecule has 0 saturated carbocycles. The molecule has 0 saturated heterocycles. The Hall–Kier alpha value is -2.85. The van der Waals surface area contributed by atoms with Crippen molar-refractivity contribution in [2.45, 2.75) is 4.90 Å². The Morgan fingerprint density at radius 2 is 1.56 bits per heavy atom. The van der Waals surface area contributed by atoms with Crippen molar-refractivity contribution in [1.29, 1.82) is 0 Å². The molecule has 0 radical (unpaired) electrons. The van der Waals surface area contributed by atoms with Crippen LogP contribution in [0.3, 0.4) is 0 Å². The molecule has 0 heterocycles. The highest BCUT2D eigenvalue weighted by molar-refractivity contribution is 7.92. The van der Waals surface area contributed by atoms with Crippen LogP contribution in [-0.2, 0) is 19.6 Å². The third-order valence-electron chi connectivity index (χ3n) is 3.42. The van der Waals surface area contributed by atoms with Crippen LogP contribution >= 0.6 is 0 Å². The van der Waals surface area contributed by atoms with E-state index in [1.807, 2.05) is 0 Å². The predicted molar refractivity (Wildman–Crippen MR) is 97.3 cm³/mol. The molecule has 1 amide bonds. The zero-order valence-corrected chi connectivity index (χ0v) is 15.7. The highest BCUT2D eigenvalue weighted by Crippen LogP contribution is 2.32. The van der Waals surface area contributed by atoms with Crippen LogP contribution in [0.2, 0.25) is 0 Å². The smallest absolute Gasteiger partial charge is 0.264 e. The summed E-state index contributed by atoms with van der Waals surface area (Å²) < 4.78 is 56.2. The zero-order chi connectivity index (χ0) is 20.0. The number of methoxy groups -OCH3 is 3. The number of amides is 1. The molecular formula is C17H19FN2O6S. The molecule has 0 aliphatic heterocycles. The first-order chi connectivity index (χ1) is 12.8. The quantitative estimate of drug-likeness (QED) is 0.707. The number of carbonyl (C=O) groups excluding carboxylic acids is 1. The van der Waals surface area contributed by atoms with E-state index in [9.17, 15) is 17.6 Å². The monoisotopic (exact) mass is 398 g/mol. The van der Waals surface area contributed by atoms with Crippen molar-refractivity contribution < 1.29 is 31.8 Å². The highest BCUT2D eigenvalue weighted by Gasteiger charge is 2.23. The van der Waals surface area contributed by atoms with Crippen molar-refractivity contribution in [2.24, 2.45) is 0 Å². The van der Waals surface area contributed by atoms with Gasteiger partial charge in [-0.05, 0) is 24.3 Å². The van der Waals surface area contributed by atoms with Gasteiger partial charge in [-0.25, -0.2) is 12.8 Å². The van der Waals surface area contributed by atoms with Crippen molar-refractivity contribution in [2.75, 3.05) is 38.0 Å². The Kier molecular flexibility index (Phi) is 6.59. The fourth-order valence-corrected chi connectivity index (χ4v) is 3.34. The Morgan fingerprint density at radius 3 is 2.11 bits per heavy atom. The maximum Gasteiger partial charge on any atom is 0.264 e. The van der Waals surface area contributed by atoms with Gasteiger partial charge < -0.3 is 19.5 Å². The molecule has 0 aliphatic rings. The summed E-state index contributed by atoms with van der Waals surface area (Å²) >= 11 is 0. The summed E-state index contributed by atoms with van der Waals surface area (Å²) in [4.78, 5) is 10.9. The molecule has 2 aromatic carbocycles. The fraction of sp³-hybridized carbons (Fsp3) is 0.235. The summed E-state index contributed by atoms with van der Waals surface area (Å²) in [5.74, 6) is -1.18. The Balaban J connectivity index is 2.22. The van der Waals surface area contributed by atoms with Crippen molar-refractivity contribution in [3.05, 3.63) is 42.2 Å². The Morgan fingerprint density at radius 1 is 1.00 bits per heavy atom. The zero-order valence-electron chi connectivity index (χ0n) is 14.9. The lowest BCUT2D eigenvalue weighted by Crippen LogP contribution is -2.17. The van der Waals surface area contributed by atoms with Gasteiger partial charge in [0.1, 0.15) is 17.3 Å². The molecule has 0 atom stereocenters. The molecule has 10 heteroatoms. The third kappa shape index (κ3) is 5.08. The Labute approximate surface area is 156 Å². The molecule has 2 N–H and O–H groups in total. The minimum absolute atomic E-state index is 0.0742. The van der Waals surface area contributed by atoms with Gasteiger partial charge in [-0.2, -0.15) is 0 Å². The van der Waals surface area contributed by atoms with Crippen molar-refractivity contribution in [3.8, 4) is 11.5 Å². The van der Waals surface area contributed by atoms with E-state index in [1.165, 1.54) is 45.6 Å². The topological polar surface area (TPSA) is 103 Å². The van der Waals surface area contributed by atoms with Gasteiger partial charge in [0.25, 0.3) is 10.0 Å². The molecule has 2 aromatic rings.